The summed E-state index contributed by atoms with van der Waals surface area (Å²) in [5.74, 6) is -0.826. The van der Waals surface area contributed by atoms with E-state index < -0.39 is 0 Å². The number of fused-ring (bicyclic) bond motifs is 6. The number of nitrogens with zero attached hydrogens (tertiary/aromatic N) is 9. The van der Waals surface area contributed by atoms with Gasteiger partial charge < -0.3 is 14.7 Å². The molecular weight excluding hydrogens is 1680 g/mol. The van der Waals surface area contributed by atoms with Gasteiger partial charge in [-0.1, -0.05) is 178 Å². The van der Waals surface area contributed by atoms with Gasteiger partial charge >= 0.3 is 0 Å². The van der Waals surface area contributed by atoms with Crippen molar-refractivity contribution >= 4 is 123 Å². The van der Waals surface area contributed by atoms with Crippen LogP contribution >= 0.6 is 70.1 Å². The summed E-state index contributed by atoms with van der Waals surface area (Å²) in [5, 5.41) is 1.39. The van der Waals surface area contributed by atoms with Gasteiger partial charge in [0.2, 0.25) is 0 Å². The molecule has 12 nitrogen and oxygen atoms in total. The molecule has 0 radical (unpaired) electrons. The van der Waals surface area contributed by atoms with E-state index in [0.717, 1.165) is 171 Å². The van der Waals surface area contributed by atoms with Crippen LogP contribution in [0, 0.1) is 52.1 Å². The first-order valence-corrected chi connectivity index (χ1v) is 46.0. The molecule has 3 spiro atoms. The molecule has 9 aromatic carbocycles. The lowest BCUT2D eigenvalue weighted by atomic mass is 9.74. The highest BCUT2D eigenvalue weighted by molar-refractivity contribution is 7.99. The Morgan fingerprint density at radius 3 is 1.08 bits per heavy atom. The third kappa shape index (κ3) is 21.2. The lowest BCUT2D eigenvalue weighted by Crippen LogP contribution is -2.46. The molecule has 3 saturated heterocycles. The topological polar surface area (TPSA) is 109 Å². The van der Waals surface area contributed by atoms with Crippen LogP contribution in [0.2, 0.25) is 15.3 Å². The Balaban J connectivity index is 0.000000138. The molecule has 636 valence electrons. The highest BCUT2D eigenvalue weighted by Crippen LogP contribution is 2.53. The highest BCUT2D eigenvalue weighted by atomic mass is 35.5. The molecule has 3 aromatic heterocycles. The van der Waals surface area contributed by atoms with Crippen molar-refractivity contribution in [3.8, 4) is 0 Å². The molecule has 9 heterocycles. The van der Waals surface area contributed by atoms with Gasteiger partial charge in [0.05, 0.1) is 0 Å². The molecule has 6 aliphatic heterocycles. The number of hydrogen-bond acceptors (Lipinski definition) is 12. The number of carbonyl (C=O) groups is 3. The van der Waals surface area contributed by atoms with Crippen molar-refractivity contribution in [2.75, 3.05) is 93.2 Å². The molecule has 3 fully saturated rings. The van der Waals surface area contributed by atoms with Crippen molar-refractivity contribution in [1.29, 1.82) is 0 Å². The molecule has 0 atom stereocenters. The lowest BCUT2D eigenvalue weighted by molar-refractivity contribution is 0.0970. The first kappa shape index (κ1) is 88.1. The Hall–Kier alpha value is -10.4. The number of aromatic nitrogens is 3. The van der Waals surface area contributed by atoms with E-state index in [-0.39, 0.29) is 51.4 Å². The zero-order valence-electron chi connectivity index (χ0n) is 70.5. The monoisotopic (exact) mass is 1780 g/mol. The number of pyridine rings is 3. The number of amides is 3. The van der Waals surface area contributed by atoms with Crippen molar-refractivity contribution in [3.63, 3.8) is 0 Å². The van der Waals surface area contributed by atoms with Crippen molar-refractivity contribution in [1.82, 2.24) is 29.7 Å². The molecule has 0 saturated carbocycles. The second kappa shape index (κ2) is 39.3. The summed E-state index contributed by atoms with van der Waals surface area (Å²) in [5.41, 5.74) is 16.6. The molecule has 21 heteroatoms. The van der Waals surface area contributed by atoms with Gasteiger partial charge in [0, 0.05) is 147 Å². The highest BCUT2D eigenvalue weighted by Gasteiger charge is 2.50. The lowest BCUT2D eigenvalue weighted by Gasteiger charge is -2.39. The fourth-order valence-electron chi connectivity index (χ4n) is 17.9. The maximum Gasteiger partial charge on any atom is 0.258 e. The maximum absolute atomic E-state index is 13.9. The Kier molecular flexibility index (Phi) is 27.7. The molecule has 0 bridgehead atoms. The van der Waals surface area contributed by atoms with E-state index in [9.17, 15) is 27.6 Å². The maximum atomic E-state index is 13.9. The van der Waals surface area contributed by atoms with E-state index in [0.29, 0.717) is 46.6 Å². The summed E-state index contributed by atoms with van der Waals surface area (Å²) in [7, 11) is 0. The predicted octanol–water partition coefficient (Wildman–Crippen LogP) is 24.7. The van der Waals surface area contributed by atoms with E-state index >= 15 is 0 Å². The molecule has 125 heavy (non-hydrogen) atoms. The number of benzene rings is 9. The average Bonchev–Trinajstić information content (AvgIpc) is 1.60. The molecule has 0 unspecified atom stereocenters. The number of anilines is 3. The Labute approximate surface area is 758 Å². The van der Waals surface area contributed by atoms with E-state index in [1.54, 1.807) is 96.2 Å². The normalized spacial score (nSPS) is 16.4. The number of carbonyl (C=O) groups excluding carboxylic acids is 3. The SMILES string of the molecule is Cc1ccc(/C=C/CN2CCC3(CC2)CN(C(=O)c2cc(C)nc(Cl)c2)c2ccc(Sc4ccc(F)cc4)cc23)cc1.Cc1ccc(/C=C/CN2CCC3(CC2)CN(C(=O)c2ccnc(C)c2)c2ccc(Sc4ccc(F)cc4)cc23)cc1.Cc1ccc(/C=C/CN2CCC3(CC2)CN(C(=O)c2ccnc(Cl)c2)c2ccc(Sc4ccc(F)cc4)cc23)c(Cl)c1. The van der Waals surface area contributed by atoms with Crippen LogP contribution in [0.5, 0.6) is 0 Å². The zero-order chi connectivity index (χ0) is 86.9. The van der Waals surface area contributed by atoms with Crippen molar-refractivity contribution < 1.29 is 27.6 Å². The van der Waals surface area contributed by atoms with Crippen LogP contribution in [-0.2, 0) is 16.2 Å². The van der Waals surface area contributed by atoms with Crippen LogP contribution in [0.4, 0.5) is 30.2 Å². The van der Waals surface area contributed by atoms with Crippen molar-refractivity contribution in [3.05, 3.63) is 372 Å². The smallest absolute Gasteiger partial charge is 0.258 e. The first-order valence-electron chi connectivity index (χ1n) is 42.4. The van der Waals surface area contributed by atoms with Gasteiger partial charge in [-0.25, -0.2) is 23.1 Å². The van der Waals surface area contributed by atoms with E-state index in [2.05, 4.69) is 189 Å². The van der Waals surface area contributed by atoms with Gasteiger partial charge in [-0.3, -0.25) is 34.1 Å². The third-order valence-corrected chi connectivity index (χ3v) is 28.5. The molecule has 18 rings (SSSR count). The fraction of sp³-hybridized carbons (Fsp3) is 0.250. The number of likely N-dealkylation sites (tertiary alicyclic amines) is 3. The molecular formula is C104H97Cl3F3N9O3S3. The van der Waals surface area contributed by atoms with Crippen LogP contribution in [0.15, 0.2) is 291 Å². The van der Waals surface area contributed by atoms with Gasteiger partial charge in [0.15, 0.2) is 0 Å². The minimum Gasteiger partial charge on any atom is -0.307 e. The summed E-state index contributed by atoms with van der Waals surface area (Å²) in [6.45, 7) is 20.3. The van der Waals surface area contributed by atoms with Crippen LogP contribution in [0.25, 0.3) is 18.2 Å². The van der Waals surface area contributed by atoms with Gasteiger partial charge in [-0.15, -0.1) is 0 Å². The van der Waals surface area contributed by atoms with Gasteiger partial charge in [-0.2, -0.15) is 0 Å². The van der Waals surface area contributed by atoms with Crippen LogP contribution in [0.3, 0.4) is 0 Å². The van der Waals surface area contributed by atoms with E-state index in [1.807, 2.05) is 71.9 Å². The summed E-state index contributed by atoms with van der Waals surface area (Å²) in [6, 6.07) is 72.7. The molecule has 3 amide bonds. The Bertz CT molecular complexity index is 6000. The molecule has 6 aliphatic rings. The van der Waals surface area contributed by atoms with Crippen molar-refractivity contribution in [2.24, 2.45) is 0 Å². The Morgan fingerprint density at radius 2 is 0.704 bits per heavy atom. The number of halogens is 6. The van der Waals surface area contributed by atoms with E-state index in [1.165, 1.54) is 75.3 Å². The largest absolute Gasteiger partial charge is 0.307 e. The fourth-order valence-corrected chi connectivity index (χ4v) is 21.2. The van der Waals surface area contributed by atoms with Gasteiger partial charge in [-0.05, 0) is 321 Å². The van der Waals surface area contributed by atoms with Crippen LogP contribution < -0.4 is 14.7 Å². The summed E-state index contributed by atoms with van der Waals surface area (Å²) < 4.78 is 40.5. The summed E-state index contributed by atoms with van der Waals surface area (Å²) in [6.07, 6.45) is 22.2. The van der Waals surface area contributed by atoms with Crippen LogP contribution in [0.1, 0.15) is 131 Å². The molecule has 12 aromatic rings. The summed E-state index contributed by atoms with van der Waals surface area (Å²) >= 11 is 23.6. The number of aryl methyl sites for hydroxylation is 5. The predicted molar refractivity (Wildman–Crippen MR) is 506 cm³/mol. The van der Waals surface area contributed by atoms with Gasteiger partial charge in [0.1, 0.15) is 27.8 Å². The van der Waals surface area contributed by atoms with Crippen molar-refractivity contribution in [2.45, 2.75) is 119 Å². The second-order valence-electron chi connectivity index (χ2n) is 33.5. The number of hydrogen-bond donors (Lipinski definition) is 0. The molecule has 0 aliphatic carbocycles. The second-order valence-corrected chi connectivity index (χ2v) is 38.2. The first-order chi connectivity index (χ1) is 60.4. The number of piperidine rings is 3. The minimum atomic E-state index is -0.249. The standard InChI is InChI=1S/C35H33ClFN3OS.C35H34FN3OS.C34H30Cl2FN3OS/c1-24-5-7-26(8-6-24)4-3-17-39-18-15-35(16-19-39)23-40(34(41)27-20-25(2)38-33(36)21-27)32-14-13-30(22-31(32)35)42-29-11-9-28(37)10-12-29;1-25-5-7-27(8-6-25)4-3-19-38-20-16-35(17-21-38)24-39(34(40)28-15-18-37-26(2)22-28)33-14-13-31(23-32(33)35)41-30-11-9-29(36)10-12-30;1-23-4-5-24(30(35)19-23)3-2-16-39-17-13-34(14-18-39)22-40(33(41)25-12-15-38-32(36)20-25)31-11-10-28(21-29(31)34)42-27-8-6-26(37)7-9-27/h3-14,20-22H,15-19,23H2,1-2H3;3-15,18,22-23H,16-17,19-21,24H2,1-2H3;2-12,15,19-21H,13-14,16-18,22H2,1H3/b2*4-3+;3-2+. The average molecular weight is 1780 g/mol. The zero-order valence-corrected chi connectivity index (χ0v) is 75.2. The Morgan fingerprint density at radius 1 is 0.360 bits per heavy atom. The third-order valence-electron chi connectivity index (χ3n) is 24.8. The number of rotatable bonds is 18. The van der Waals surface area contributed by atoms with Crippen LogP contribution in [-0.4, -0.2) is 126 Å². The minimum absolute atomic E-state index is 0.0241. The quantitative estimate of drug-likeness (QED) is 0.0763. The van der Waals surface area contributed by atoms with Gasteiger partial charge in [0.25, 0.3) is 17.7 Å². The summed E-state index contributed by atoms with van der Waals surface area (Å²) in [4.78, 5) is 73.5. The van der Waals surface area contributed by atoms with E-state index in [4.69, 9.17) is 34.8 Å². The molecule has 0 N–H and O–H groups in total.